The molecule has 0 radical (unpaired) electrons. The van der Waals surface area contributed by atoms with E-state index in [1.165, 1.54) is 36.3 Å². The minimum absolute atomic E-state index is 0.0434. The zero-order valence-corrected chi connectivity index (χ0v) is 17.4. The van der Waals surface area contributed by atoms with E-state index >= 15 is 0 Å². The van der Waals surface area contributed by atoms with Gasteiger partial charge in [-0.3, -0.25) is 24.6 Å². The third kappa shape index (κ3) is 3.63. The molecule has 31 heavy (non-hydrogen) atoms. The van der Waals surface area contributed by atoms with Gasteiger partial charge in [-0.05, 0) is 42.7 Å². The van der Waals surface area contributed by atoms with Crippen molar-refractivity contribution in [1.29, 1.82) is 0 Å². The molecule has 0 saturated carbocycles. The lowest BCUT2D eigenvalue weighted by Crippen LogP contribution is -2.40. The number of nitro groups is 1. The topological polar surface area (TPSA) is 110 Å². The monoisotopic (exact) mass is 442 g/mol. The highest BCUT2D eigenvalue weighted by Gasteiger charge is 2.41. The summed E-state index contributed by atoms with van der Waals surface area (Å²) in [5.74, 6) is -0.766. The van der Waals surface area contributed by atoms with Crippen LogP contribution in [0.15, 0.2) is 47.7 Å². The van der Waals surface area contributed by atoms with Crippen LogP contribution in [-0.2, 0) is 9.59 Å². The molecule has 0 saturated heterocycles. The summed E-state index contributed by atoms with van der Waals surface area (Å²) in [5.41, 5.74) is 1.42. The number of ether oxygens (including phenoxy) is 1. The van der Waals surface area contributed by atoms with Crippen LogP contribution < -0.4 is 9.64 Å². The van der Waals surface area contributed by atoms with E-state index in [4.69, 9.17) is 16.3 Å². The van der Waals surface area contributed by atoms with Gasteiger partial charge in [0, 0.05) is 41.1 Å². The molecule has 4 rings (SSSR count). The molecule has 1 amide bonds. The number of halogens is 1. The molecule has 0 spiro atoms. The molecule has 1 heterocycles. The number of nitro benzene ring substituents is 1. The van der Waals surface area contributed by atoms with Crippen molar-refractivity contribution in [2.45, 2.75) is 31.6 Å². The molecular formula is C22H19ClN2O6. The molecule has 1 aliphatic heterocycles. The zero-order chi connectivity index (χ0) is 22.3. The Hall–Kier alpha value is -3.39. The number of benzene rings is 2. The van der Waals surface area contributed by atoms with Crippen molar-refractivity contribution in [1.82, 2.24) is 0 Å². The van der Waals surface area contributed by atoms with Gasteiger partial charge in [-0.15, -0.1) is 0 Å². The number of carbonyl (C=O) groups excluding carboxylic acids is 2. The van der Waals surface area contributed by atoms with Crippen LogP contribution in [0.25, 0.3) is 0 Å². The maximum absolute atomic E-state index is 13.3. The van der Waals surface area contributed by atoms with Gasteiger partial charge in [-0.1, -0.05) is 17.7 Å². The summed E-state index contributed by atoms with van der Waals surface area (Å²) in [6, 6.07) is 8.85. The number of phenols is 1. The van der Waals surface area contributed by atoms with E-state index in [9.17, 15) is 24.8 Å². The lowest BCUT2D eigenvalue weighted by Gasteiger charge is -2.38. The SMILES string of the molecule is COc1cc(C2CC(=O)N(c3ccc(Cl)cc3[N+](=O)[O-])C3=C2C(=O)CCC3)ccc1O. The Kier molecular flexibility index (Phi) is 5.41. The number of ketones is 1. The van der Waals surface area contributed by atoms with Gasteiger partial charge in [0.2, 0.25) is 5.91 Å². The number of phenolic OH excluding ortho intramolecular Hbond substituents is 1. The fourth-order valence-electron chi connectivity index (χ4n) is 4.30. The van der Waals surface area contributed by atoms with Gasteiger partial charge in [0.15, 0.2) is 17.3 Å². The molecule has 9 heteroatoms. The summed E-state index contributed by atoms with van der Waals surface area (Å²) in [7, 11) is 1.42. The molecule has 0 aromatic heterocycles. The number of hydrogen-bond acceptors (Lipinski definition) is 6. The Balaban J connectivity index is 1.90. The average molecular weight is 443 g/mol. The summed E-state index contributed by atoms with van der Waals surface area (Å²) in [4.78, 5) is 38.6. The Labute approximate surface area is 182 Å². The van der Waals surface area contributed by atoms with E-state index in [-0.39, 0.29) is 46.0 Å². The van der Waals surface area contributed by atoms with Crippen LogP contribution in [0.1, 0.15) is 37.2 Å². The average Bonchev–Trinajstić information content (AvgIpc) is 2.74. The lowest BCUT2D eigenvalue weighted by atomic mass is 9.77. The summed E-state index contributed by atoms with van der Waals surface area (Å²) in [6.45, 7) is 0. The van der Waals surface area contributed by atoms with Crippen molar-refractivity contribution in [2.75, 3.05) is 12.0 Å². The third-order valence-electron chi connectivity index (χ3n) is 5.66. The van der Waals surface area contributed by atoms with Crippen LogP contribution in [0.5, 0.6) is 11.5 Å². The molecule has 8 nitrogen and oxygen atoms in total. The second kappa shape index (κ2) is 8.03. The summed E-state index contributed by atoms with van der Waals surface area (Å²) in [5, 5.41) is 21.7. The molecular weight excluding hydrogens is 424 g/mol. The van der Waals surface area contributed by atoms with Crippen molar-refractivity contribution in [3.05, 3.63) is 68.4 Å². The molecule has 2 aliphatic rings. The van der Waals surface area contributed by atoms with E-state index in [0.29, 0.717) is 36.1 Å². The molecule has 1 atom stereocenters. The molecule has 1 aliphatic carbocycles. The van der Waals surface area contributed by atoms with Gasteiger partial charge >= 0.3 is 0 Å². The predicted octanol–water partition coefficient (Wildman–Crippen LogP) is 4.49. The van der Waals surface area contributed by atoms with E-state index < -0.39 is 10.8 Å². The lowest BCUT2D eigenvalue weighted by molar-refractivity contribution is -0.384. The number of carbonyl (C=O) groups is 2. The van der Waals surface area contributed by atoms with Gasteiger partial charge in [0.05, 0.1) is 12.0 Å². The number of rotatable bonds is 4. The second-order valence-corrected chi connectivity index (χ2v) is 7.88. The second-order valence-electron chi connectivity index (χ2n) is 7.44. The maximum Gasteiger partial charge on any atom is 0.294 e. The Morgan fingerprint density at radius 1 is 1.19 bits per heavy atom. The van der Waals surface area contributed by atoms with Crippen LogP contribution in [0.4, 0.5) is 11.4 Å². The number of nitrogens with zero attached hydrogens (tertiary/aromatic N) is 2. The van der Waals surface area contributed by atoms with Gasteiger partial charge in [-0.2, -0.15) is 0 Å². The van der Waals surface area contributed by atoms with Crippen molar-refractivity contribution in [3.8, 4) is 11.5 Å². The molecule has 1 N–H and O–H groups in total. The molecule has 2 aromatic carbocycles. The van der Waals surface area contributed by atoms with E-state index in [1.807, 2.05) is 0 Å². The summed E-state index contributed by atoms with van der Waals surface area (Å²) < 4.78 is 5.18. The highest BCUT2D eigenvalue weighted by Crippen LogP contribution is 2.46. The Morgan fingerprint density at radius 2 is 1.97 bits per heavy atom. The van der Waals surface area contributed by atoms with Crippen LogP contribution in [0.3, 0.4) is 0 Å². The van der Waals surface area contributed by atoms with Gasteiger partial charge in [0.1, 0.15) is 5.69 Å². The number of allylic oxidation sites excluding steroid dienone is 2. The minimum Gasteiger partial charge on any atom is -0.504 e. The first kappa shape index (κ1) is 20.9. The van der Waals surface area contributed by atoms with E-state index in [0.717, 1.165) is 0 Å². The first-order valence-electron chi connectivity index (χ1n) is 9.72. The van der Waals surface area contributed by atoms with Gasteiger partial charge in [0.25, 0.3) is 5.69 Å². The quantitative estimate of drug-likeness (QED) is 0.551. The van der Waals surface area contributed by atoms with Crippen molar-refractivity contribution in [2.24, 2.45) is 0 Å². The molecule has 160 valence electrons. The zero-order valence-electron chi connectivity index (χ0n) is 16.6. The summed E-state index contributed by atoms with van der Waals surface area (Å²) >= 11 is 5.93. The largest absolute Gasteiger partial charge is 0.504 e. The fraction of sp³-hybridized carbons (Fsp3) is 0.273. The number of aromatic hydroxyl groups is 1. The number of Topliss-reactive ketones (excluding diaryl/α,β-unsaturated/α-hetero) is 1. The van der Waals surface area contributed by atoms with Crippen molar-refractivity contribution < 1.29 is 24.4 Å². The molecule has 0 fully saturated rings. The first-order valence-corrected chi connectivity index (χ1v) is 10.1. The van der Waals surface area contributed by atoms with E-state index in [1.54, 1.807) is 12.1 Å². The number of methoxy groups -OCH3 is 1. The van der Waals surface area contributed by atoms with Crippen LogP contribution in [0.2, 0.25) is 5.02 Å². The number of anilines is 1. The smallest absolute Gasteiger partial charge is 0.294 e. The molecule has 0 bridgehead atoms. The van der Waals surface area contributed by atoms with E-state index in [2.05, 4.69) is 0 Å². The highest BCUT2D eigenvalue weighted by molar-refractivity contribution is 6.31. The number of amides is 1. The highest BCUT2D eigenvalue weighted by atomic mass is 35.5. The Bertz CT molecular complexity index is 1140. The minimum atomic E-state index is -0.587. The van der Waals surface area contributed by atoms with Gasteiger partial charge in [-0.25, -0.2) is 0 Å². The first-order chi connectivity index (χ1) is 14.8. The van der Waals surface area contributed by atoms with Crippen LogP contribution >= 0.6 is 11.6 Å². The maximum atomic E-state index is 13.3. The van der Waals surface area contributed by atoms with Crippen LogP contribution in [-0.4, -0.2) is 28.8 Å². The van der Waals surface area contributed by atoms with Gasteiger partial charge < -0.3 is 9.84 Å². The predicted molar refractivity (Wildman–Crippen MR) is 113 cm³/mol. The standard InChI is InChI=1S/C22H19ClN2O6/c1-31-20-9-12(5-8-18(20)26)14-11-21(28)24(16-3-2-4-19(27)22(14)16)15-7-6-13(23)10-17(15)25(29)30/h5-10,14,26H,2-4,11H2,1H3. The van der Waals surface area contributed by atoms with Crippen molar-refractivity contribution in [3.63, 3.8) is 0 Å². The summed E-state index contributed by atoms with van der Waals surface area (Å²) in [6.07, 6.45) is 1.29. The Morgan fingerprint density at radius 3 is 2.68 bits per heavy atom. The third-order valence-corrected chi connectivity index (χ3v) is 5.89. The van der Waals surface area contributed by atoms with Crippen LogP contribution in [0, 0.1) is 10.1 Å². The molecule has 1 unspecified atom stereocenters. The number of hydrogen-bond donors (Lipinski definition) is 1. The normalized spacial score (nSPS) is 18.8. The fourth-order valence-corrected chi connectivity index (χ4v) is 4.47. The van der Waals surface area contributed by atoms with Crippen molar-refractivity contribution >= 4 is 34.7 Å². The molecule has 2 aromatic rings.